The molecule has 0 aromatic heterocycles. The summed E-state index contributed by atoms with van der Waals surface area (Å²) < 4.78 is 0. The lowest BCUT2D eigenvalue weighted by atomic mass is 9.85. The van der Waals surface area contributed by atoms with Gasteiger partial charge in [0.2, 0.25) is 0 Å². The summed E-state index contributed by atoms with van der Waals surface area (Å²) in [5.74, 6) is 0.548. The van der Waals surface area contributed by atoms with Crippen LogP contribution in [-0.2, 0) is 5.88 Å². The van der Waals surface area contributed by atoms with Crippen molar-refractivity contribution < 1.29 is 0 Å². The molecule has 0 N–H and O–H groups in total. The van der Waals surface area contributed by atoms with E-state index >= 15 is 0 Å². The summed E-state index contributed by atoms with van der Waals surface area (Å²) in [7, 11) is 0. The fourth-order valence-electron chi connectivity index (χ4n) is 2.61. The Bertz CT molecular complexity index is 415. The molecule has 1 aromatic carbocycles. The zero-order chi connectivity index (χ0) is 13.2. The number of halogens is 2. The predicted molar refractivity (Wildman–Crippen MR) is 80.9 cm³/mol. The van der Waals surface area contributed by atoms with E-state index in [1.165, 1.54) is 30.5 Å². The third-order valence-corrected chi connectivity index (χ3v) is 4.40. The van der Waals surface area contributed by atoms with E-state index in [2.05, 4.69) is 24.8 Å². The molecule has 0 radical (unpaired) electrons. The van der Waals surface area contributed by atoms with Crippen molar-refractivity contribution in [3.8, 4) is 0 Å². The zero-order valence-corrected chi connectivity index (χ0v) is 12.7. The van der Waals surface area contributed by atoms with Gasteiger partial charge in [-0.2, -0.15) is 0 Å². The van der Waals surface area contributed by atoms with Crippen molar-refractivity contribution in [1.82, 2.24) is 0 Å². The van der Waals surface area contributed by atoms with Gasteiger partial charge in [0.15, 0.2) is 0 Å². The van der Waals surface area contributed by atoms with Crippen LogP contribution in [0.5, 0.6) is 0 Å². The largest absolute Gasteiger partial charge is 0.371 e. The Kier molecular flexibility index (Phi) is 4.45. The molecular formula is C15H21Cl2N. The van der Waals surface area contributed by atoms with Crippen molar-refractivity contribution in [3.05, 3.63) is 28.8 Å². The highest BCUT2D eigenvalue weighted by molar-refractivity contribution is 6.31. The second-order valence-electron chi connectivity index (χ2n) is 5.91. The highest BCUT2D eigenvalue weighted by atomic mass is 35.5. The van der Waals surface area contributed by atoms with Crippen LogP contribution in [0, 0.1) is 5.41 Å². The van der Waals surface area contributed by atoms with Gasteiger partial charge in [0.25, 0.3) is 0 Å². The maximum Gasteiger partial charge on any atom is 0.0494 e. The first kappa shape index (κ1) is 14.0. The van der Waals surface area contributed by atoms with Crippen molar-refractivity contribution in [3.63, 3.8) is 0 Å². The Balaban J connectivity index is 2.23. The molecule has 1 aromatic rings. The normalized spacial score (nSPS) is 19.7. The molecule has 1 aliphatic heterocycles. The van der Waals surface area contributed by atoms with Crippen molar-refractivity contribution in [1.29, 1.82) is 0 Å². The van der Waals surface area contributed by atoms with Crippen LogP contribution in [0.2, 0.25) is 5.02 Å². The monoisotopic (exact) mass is 285 g/mol. The van der Waals surface area contributed by atoms with Crippen LogP contribution in [0.25, 0.3) is 0 Å². The summed E-state index contributed by atoms with van der Waals surface area (Å²) in [5, 5.41) is 0.794. The van der Waals surface area contributed by atoms with Crippen LogP contribution < -0.4 is 4.90 Å². The van der Waals surface area contributed by atoms with Gasteiger partial charge in [0.05, 0.1) is 0 Å². The molecular weight excluding hydrogens is 265 g/mol. The van der Waals surface area contributed by atoms with Crippen LogP contribution in [0.15, 0.2) is 18.2 Å². The second-order valence-corrected chi connectivity index (χ2v) is 6.62. The van der Waals surface area contributed by atoms with Crippen LogP contribution >= 0.6 is 23.2 Å². The van der Waals surface area contributed by atoms with Gasteiger partial charge in [0.1, 0.15) is 0 Å². The van der Waals surface area contributed by atoms with Gasteiger partial charge in [-0.3, -0.25) is 0 Å². The Morgan fingerprint density at radius 2 is 2.00 bits per heavy atom. The molecule has 2 rings (SSSR count). The van der Waals surface area contributed by atoms with Gasteiger partial charge in [0, 0.05) is 29.7 Å². The van der Waals surface area contributed by atoms with Crippen LogP contribution in [0.1, 0.15) is 38.7 Å². The number of anilines is 1. The molecule has 100 valence electrons. The summed E-state index contributed by atoms with van der Waals surface area (Å²) in [6.45, 7) is 6.92. The summed E-state index contributed by atoms with van der Waals surface area (Å²) in [4.78, 5) is 2.44. The first-order chi connectivity index (χ1) is 8.52. The van der Waals surface area contributed by atoms with Gasteiger partial charge < -0.3 is 4.90 Å². The topological polar surface area (TPSA) is 3.24 Å². The molecule has 1 aliphatic rings. The Hall–Kier alpha value is -0.400. The molecule has 0 aliphatic carbocycles. The molecule has 3 heteroatoms. The molecule has 0 unspecified atom stereocenters. The van der Waals surface area contributed by atoms with E-state index in [4.69, 9.17) is 23.2 Å². The molecule has 1 heterocycles. The molecule has 1 fully saturated rings. The average molecular weight is 286 g/mol. The van der Waals surface area contributed by atoms with Gasteiger partial charge in [-0.1, -0.05) is 31.5 Å². The number of hydrogen-bond donors (Lipinski definition) is 0. The van der Waals surface area contributed by atoms with E-state index < -0.39 is 0 Å². The van der Waals surface area contributed by atoms with Crippen molar-refractivity contribution in [2.45, 2.75) is 39.0 Å². The summed E-state index contributed by atoms with van der Waals surface area (Å²) in [6.07, 6.45) is 3.75. The second kappa shape index (κ2) is 5.71. The Morgan fingerprint density at radius 3 is 2.72 bits per heavy atom. The molecule has 0 atom stereocenters. The minimum absolute atomic E-state index is 0.453. The van der Waals surface area contributed by atoms with Crippen LogP contribution in [-0.4, -0.2) is 13.1 Å². The van der Waals surface area contributed by atoms with E-state index in [0.29, 0.717) is 11.3 Å². The average Bonchev–Trinajstić information content (AvgIpc) is 2.50. The lowest BCUT2D eigenvalue weighted by molar-refractivity contribution is 0.325. The van der Waals surface area contributed by atoms with E-state index in [0.717, 1.165) is 18.1 Å². The molecule has 0 amide bonds. The highest BCUT2D eigenvalue weighted by Crippen LogP contribution is 2.34. The smallest absolute Gasteiger partial charge is 0.0494 e. The number of benzene rings is 1. The van der Waals surface area contributed by atoms with E-state index in [1.807, 2.05) is 12.1 Å². The summed E-state index contributed by atoms with van der Waals surface area (Å²) in [6, 6.07) is 6.02. The van der Waals surface area contributed by atoms with E-state index in [9.17, 15) is 0 Å². The number of hydrogen-bond acceptors (Lipinski definition) is 1. The van der Waals surface area contributed by atoms with E-state index in [1.54, 1.807) is 0 Å². The van der Waals surface area contributed by atoms with Crippen LogP contribution in [0.4, 0.5) is 5.69 Å². The number of rotatable bonds is 2. The number of alkyl halides is 1. The fraction of sp³-hybridized carbons (Fsp3) is 0.600. The minimum atomic E-state index is 0.453. The van der Waals surface area contributed by atoms with Gasteiger partial charge in [-0.25, -0.2) is 0 Å². The minimum Gasteiger partial charge on any atom is -0.371 e. The van der Waals surface area contributed by atoms with Crippen molar-refractivity contribution in [2.75, 3.05) is 18.0 Å². The van der Waals surface area contributed by atoms with Gasteiger partial charge in [-0.05, 0) is 42.4 Å². The van der Waals surface area contributed by atoms with Gasteiger partial charge in [-0.15, -0.1) is 11.6 Å². The third kappa shape index (κ3) is 3.33. The molecule has 1 nitrogen and oxygen atoms in total. The quantitative estimate of drug-likeness (QED) is 0.684. The van der Waals surface area contributed by atoms with E-state index in [-0.39, 0.29) is 0 Å². The first-order valence-corrected chi connectivity index (χ1v) is 7.52. The zero-order valence-electron chi connectivity index (χ0n) is 11.2. The summed E-state index contributed by atoms with van der Waals surface area (Å²) >= 11 is 12.2. The lowest BCUT2D eigenvalue weighted by Gasteiger charge is -2.26. The SMILES string of the molecule is CC1(C)CCCN(c2cc(Cl)ccc2CCl)CC1. The van der Waals surface area contributed by atoms with Crippen LogP contribution in [0.3, 0.4) is 0 Å². The molecule has 0 spiro atoms. The van der Waals surface area contributed by atoms with Gasteiger partial charge >= 0.3 is 0 Å². The lowest BCUT2D eigenvalue weighted by Crippen LogP contribution is -2.26. The first-order valence-electron chi connectivity index (χ1n) is 6.61. The maximum atomic E-state index is 6.12. The van der Waals surface area contributed by atoms with Crippen molar-refractivity contribution >= 4 is 28.9 Å². The molecule has 1 saturated heterocycles. The third-order valence-electron chi connectivity index (χ3n) is 3.87. The molecule has 0 bridgehead atoms. The van der Waals surface area contributed by atoms with Crippen molar-refractivity contribution in [2.24, 2.45) is 5.41 Å². The molecule has 0 saturated carbocycles. The standard InChI is InChI=1S/C15H21Cl2N/c1-15(2)6-3-8-18(9-7-15)14-10-13(17)5-4-12(14)11-16/h4-5,10H,3,6-9,11H2,1-2H3. The number of nitrogens with zero attached hydrogens (tertiary/aromatic N) is 1. The highest BCUT2D eigenvalue weighted by Gasteiger charge is 2.24. The fourth-order valence-corrected chi connectivity index (χ4v) is 3.00. The predicted octanol–water partition coefficient (Wildman–Crippen LogP) is 5.10. The Morgan fingerprint density at radius 1 is 1.22 bits per heavy atom. The summed E-state index contributed by atoms with van der Waals surface area (Å²) in [5.41, 5.74) is 2.85. The maximum absolute atomic E-state index is 6.12. The molecule has 18 heavy (non-hydrogen) atoms. The Labute approximate surface area is 120 Å².